The lowest BCUT2D eigenvalue weighted by Crippen LogP contribution is -2.37. The molecule has 2 heterocycles. The van der Waals surface area contributed by atoms with Crippen LogP contribution in [0, 0.1) is 12.7 Å². The highest BCUT2D eigenvalue weighted by Crippen LogP contribution is 2.44. The molecular formula is C16H17BrFNO3. The highest BCUT2D eigenvalue weighted by Gasteiger charge is 2.41. The Hall–Kier alpha value is -1.40. The number of halogens is 2. The van der Waals surface area contributed by atoms with Gasteiger partial charge in [0.05, 0.1) is 24.2 Å². The third kappa shape index (κ3) is 2.16. The van der Waals surface area contributed by atoms with E-state index in [0.29, 0.717) is 30.7 Å². The first-order chi connectivity index (χ1) is 10.4. The number of H-pyrrole nitrogens is 1. The zero-order valence-electron chi connectivity index (χ0n) is 12.4. The smallest absolute Gasteiger partial charge is 0.306 e. The fourth-order valence-electron chi connectivity index (χ4n) is 3.33. The monoisotopic (exact) mass is 369 g/mol. The molecule has 1 aliphatic heterocycles. The van der Waals surface area contributed by atoms with Gasteiger partial charge in [0.25, 0.3) is 0 Å². The Kier molecular flexibility index (Phi) is 3.77. The molecular weight excluding hydrogens is 353 g/mol. The molecule has 0 saturated carbocycles. The third-order valence-corrected chi connectivity index (χ3v) is 5.47. The van der Waals surface area contributed by atoms with Gasteiger partial charge in [-0.05, 0) is 52.9 Å². The van der Waals surface area contributed by atoms with Gasteiger partial charge in [0.1, 0.15) is 11.4 Å². The van der Waals surface area contributed by atoms with E-state index in [2.05, 4.69) is 20.9 Å². The summed E-state index contributed by atoms with van der Waals surface area (Å²) in [5, 5.41) is 10.0. The number of aromatic nitrogens is 1. The maximum atomic E-state index is 14.3. The van der Waals surface area contributed by atoms with Crippen molar-refractivity contribution >= 4 is 32.8 Å². The van der Waals surface area contributed by atoms with Crippen molar-refractivity contribution in [3.8, 4) is 0 Å². The fraction of sp³-hybridized carbons (Fsp3) is 0.438. The van der Waals surface area contributed by atoms with Crippen LogP contribution in [0.1, 0.15) is 36.6 Å². The van der Waals surface area contributed by atoms with Crippen LogP contribution in [-0.2, 0) is 21.6 Å². The van der Waals surface area contributed by atoms with Gasteiger partial charge in [0.2, 0.25) is 0 Å². The topological polar surface area (TPSA) is 62.3 Å². The summed E-state index contributed by atoms with van der Waals surface area (Å²) in [6, 6.07) is 1.47. The molecule has 1 aromatic carbocycles. The third-order valence-electron chi connectivity index (χ3n) is 4.45. The van der Waals surface area contributed by atoms with E-state index in [-0.39, 0.29) is 12.2 Å². The molecule has 4 nitrogen and oxygen atoms in total. The van der Waals surface area contributed by atoms with Gasteiger partial charge in [-0.25, -0.2) is 4.39 Å². The number of aryl methyl sites for hydroxylation is 1. The first kappa shape index (κ1) is 15.5. The summed E-state index contributed by atoms with van der Waals surface area (Å²) in [5.41, 5.74) is 1.97. The Morgan fingerprint density at radius 2 is 2.32 bits per heavy atom. The minimum atomic E-state index is -0.927. The largest absolute Gasteiger partial charge is 0.481 e. The van der Waals surface area contributed by atoms with Crippen LogP contribution < -0.4 is 0 Å². The van der Waals surface area contributed by atoms with Crippen molar-refractivity contribution in [3.63, 3.8) is 0 Å². The zero-order valence-corrected chi connectivity index (χ0v) is 14.0. The standard InChI is InChI=1S/C16H17BrFNO3/c1-3-16(7-11(20)21)15-9(4-5-22-16)12-13(17)8(2)6-10(18)14(12)19-15/h6,19H,3-5,7H2,1-2H3,(H,20,21). The lowest BCUT2D eigenvalue weighted by atomic mass is 9.86. The molecule has 22 heavy (non-hydrogen) atoms. The first-order valence-electron chi connectivity index (χ1n) is 7.25. The number of carboxylic acids is 1. The van der Waals surface area contributed by atoms with E-state index in [4.69, 9.17) is 4.74 Å². The summed E-state index contributed by atoms with van der Waals surface area (Å²) in [4.78, 5) is 14.4. The molecule has 3 rings (SSSR count). The molecule has 1 aliphatic rings. The number of hydrogen-bond donors (Lipinski definition) is 2. The van der Waals surface area contributed by atoms with Gasteiger partial charge in [0.15, 0.2) is 0 Å². The second kappa shape index (κ2) is 5.35. The van der Waals surface area contributed by atoms with Gasteiger partial charge < -0.3 is 14.8 Å². The number of benzene rings is 1. The highest BCUT2D eigenvalue weighted by molar-refractivity contribution is 9.10. The zero-order chi connectivity index (χ0) is 16.1. The van der Waals surface area contributed by atoms with E-state index in [0.717, 1.165) is 21.0 Å². The minimum Gasteiger partial charge on any atom is -0.481 e. The van der Waals surface area contributed by atoms with E-state index in [1.54, 1.807) is 0 Å². The van der Waals surface area contributed by atoms with E-state index in [9.17, 15) is 14.3 Å². The Labute approximate surface area is 135 Å². The lowest BCUT2D eigenvalue weighted by molar-refractivity contribution is -0.148. The summed E-state index contributed by atoms with van der Waals surface area (Å²) in [5.74, 6) is -1.26. The van der Waals surface area contributed by atoms with Crippen molar-refractivity contribution in [3.05, 3.63) is 33.2 Å². The van der Waals surface area contributed by atoms with Crippen molar-refractivity contribution in [2.24, 2.45) is 0 Å². The summed E-state index contributed by atoms with van der Waals surface area (Å²) >= 11 is 3.54. The van der Waals surface area contributed by atoms with Crippen LogP contribution in [0.25, 0.3) is 10.9 Å². The Morgan fingerprint density at radius 3 is 2.95 bits per heavy atom. The Bertz CT molecular complexity index is 771. The van der Waals surface area contributed by atoms with Gasteiger partial charge in [-0.15, -0.1) is 0 Å². The van der Waals surface area contributed by atoms with Crippen molar-refractivity contribution in [2.75, 3.05) is 6.61 Å². The quantitative estimate of drug-likeness (QED) is 0.858. The molecule has 0 spiro atoms. The van der Waals surface area contributed by atoms with Crippen LogP contribution in [-0.4, -0.2) is 22.7 Å². The highest BCUT2D eigenvalue weighted by atomic mass is 79.9. The number of nitrogens with one attached hydrogen (secondary N) is 1. The second-order valence-corrected chi connectivity index (χ2v) is 6.53. The number of hydrogen-bond acceptors (Lipinski definition) is 2. The van der Waals surface area contributed by atoms with Crippen LogP contribution in [0.15, 0.2) is 10.5 Å². The van der Waals surface area contributed by atoms with Gasteiger partial charge in [-0.2, -0.15) is 0 Å². The summed E-state index contributed by atoms with van der Waals surface area (Å²) < 4.78 is 21.0. The van der Waals surface area contributed by atoms with Gasteiger partial charge >= 0.3 is 5.97 Å². The Morgan fingerprint density at radius 1 is 1.59 bits per heavy atom. The molecule has 0 radical (unpaired) electrons. The maximum Gasteiger partial charge on any atom is 0.306 e. The molecule has 1 unspecified atom stereocenters. The number of aromatic amines is 1. The van der Waals surface area contributed by atoms with Crippen LogP contribution in [0.5, 0.6) is 0 Å². The van der Waals surface area contributed by atoms with Crippen molar-refractivity contribution < 1.29 is 19.0 Å². The molecule has 2 aromatic rings. The van der Waals surface area contributed by atoms with Crippen LogP contribution >= 0.6 is 15.9 Å². The van der Waals surface area contributed by atoms with E-state index < -0.39 is 11.6 Å². The normalized spacial score (nSPS) is 21.1. The summed E-state index contributed by atoms with van der Waals surface area (Å²) in [6.07, 6.45) is 1.01. The van der Waals surface area contributed by atoms with Gasteiger partial charge in [-0.1, -0.05) is 6.92 Å². The number of carboxylic acid groups (broad SMARTS) is 1. The molecule has 0 aliphatic carbocycles. The molecule has 0 bridgehead atoms. The van der Waals surface area contributed by atoms with Gasteiger partial charge in [0, 0.05) is 9.86 Å². The van der Waals surface area contributed by atoms with Crippen LogP contribution in [0.3, 0.4) is 0 Å². The lowest BCUT2D eigenvalue weighted by Gasteiger charge is -2.35. The molecule has 6 heteroatoms. The van der Waals surface area contributed by atoms with E-state index in [1.807, 2.05) is 13.8 Å². The van der Waals surface area contributed by atoms with Gasteiger partial charge in [-0.3, -0.25) is 4.79 Å². The van der Waals surface area contributed by atoms with Crippen LogP contribution in [0.2, 0.25) is 0 Å². The van der Waals surface area contributed by atoms with E-state index >= 15 is 0 Å². The number of ether oxygens (including phenoxy) is 1. The second-order valence-electron chi connectivity index (χ2n) is 5.73. The molecule has 0 fully saturated rings. The first-order valence-corrected chi connectivity index (χ1v) is 8.04. The Balaban J connectivity index is 2.32. The predicted molar refractivity (Wildman–Crippen MR) is 84.6 cm³/mol. The number of rotatable bonds is 3. The maximum absolute atomic E-state index is 14.3. The summed E-state index contributed by atoms with van der Waals surface area (Å²) in [7, 11) is 0. The molecule has 0 amide bonds. The summed E-state index contributed by atoms with van der Waals surface area (Å²) in [6.45, 7) is 4.17. The number of aliphatic carboxylic acids is 1. The fourth-order valence-corrected chi connectivity index (χ4v) is 3.88. The molecule has 1 aromatic heterocycles. The number of fused-ring (bicyclic) bond motifs is 3. The SMILES string of the molecule is CCC1(CC(=O)O)OCCc2c1[nH]c1c(F)cc(C)c(Br)c21. The van der Waals surface area contributed by atoms with Crippen molar-refractivity contribution in [2.45, 2.75) is 38.7 Å². The molecule has 1 atom stereocenters. The van der Waals surface area contributed by atoms with E-state index in [1.165, 1.54) is 6.07 Å². The molecule has 2 N–H and O–H groups in total. The van der Waals surface area contributed by atoms with Crippen molar-refractivity contribution in [1.82, 2.24) is 4.98 Å². The number of carbonyl (C=O) groups is 1. The van der Waals surface area contributed by atoms with Crippen molar-refractivity contribution in [1.29, 1.82) is 0 Å². The molecule has 0 saturated heterocycles. The molecule has 118 valence electrons. The van der Waals surface area contributed by atoms with Crippen LogP contribution in [0.4, 0.5) is 4.39 Å². The average molecular weight is 370 g/mol. The average Bonchev–Trinajstić information content (AvgIpc) is 2.86. The predicted octanol–water partition coefficient (Wildman–Crippen LogP) is 4.03. The minimum absolute atomic E-state index is 0.137.